The molecule has 0 aliphatic heterocycles. The second-order valence-corrected chi connectivity index (χ2v) is 13.1. The van der Waals surface area contributed by atoms with Gasteiger partial charge in [0.15, 0.2) is 0 Å². The Morgan fingerprint density at radius 3 is 1.10 bits per heavy atom. The fraction of sp³-hybridized carbons (Fsp3) is 1.00. The van der Waals surface area contributed by atoms with Gasteiger partial charge in [-0.25, -0.2) is 0 Å². The summed E-state index contributed by atoms with van der Waals surface area (Å²) in [5.41, 5.74) is 0. The highest BCUT2D eigenvalue weighted by Gasteiger charge is 2.11. The molecule has 0 aromatic rings. The van der Waals surface area contributed by atoms with Crippen molar-refractivity contribution in [2.75, 3.05) is 52.4 Å². The lowest BCUT2D eigenvalue weighted by molar-refractivity contribution is 0.251. The molecule has 0 aromatic carbocycles. The van der Waals surface area contributed by atoms with Crippen molar-refractivity contribution >= 4 is 0 Å². The van der Waals surface area contributed by atoms with Crippen LogP contribution in [0.5, 0.6) is 0 Å². The van der Waals surface area contributed by atoms with Gasteiger partial charge >= 0.3 is 0 Å². The van der Waals surface area contributed by atoms with Gasteiger partial charge in [-0.2, -0.15) is 0 Å². The van der Waals surface area contributed by atoms with Crippen LogP contribution in [0, 0.1) is 11.8 Å². The molecule has 2 N–H and O–H groups in total. The molecule has 242 valence electrons. The number of rotatable bonds is 32. The van der Waals surface area contributed by atoms with Crippen LogP contribution in [-0.4, -0.2) is 68.3 Å². The lowest BCUT2D eigenvalue weighted by atomic mass is 10.0. The third-order valence-corrected chi connectivity index (χ3v) is 8.81. The molecule has 40 heavy (non-hydrogen) atoms. The third-order valence-electron chi connectivity index (χ3n) is 8.81. The molecule has 2 unspecified atom stereocenters. The van der Waals surface area contributed by atoms with Gasteiger partial charge in [0.2, 0.25) is 0 Å². The fourth-order valence-corrected chi connectivity index (χ4v) is 5.70. The highest BCUT2D eigenvalue weighted by Crippen LogP contribution is 2.14. The number of hydrogen-bond donors (Lipinski definition) is 2. The largest absolute Gasteiger partial charge is 0.303 e. The van der Waals surface area contributed by atoms with E-state index in [4.69, 9.17) is 0 Å². The average Bonchev–Trinajstić information content (AvgIpc) is 2.95. The molecule has 0 spiro atoms. The van der Waals surface area contributed by atoms with E-state index < -0.39 is 0 Å². The van der Waals surface area contributed by atoms with E-state index in [1.54, 1.807) is 0 Å². The van der Waals surface area contributed by atoms with Crippen LogP contribution in [0.1, 0.15) is 164 Å². The Hall–Kier alpha value is -0.160. The lowest BCUT2D eigenvalue weighted by Gasteiger charge is -2.24. The van der Waals surface area contributed by atoms with Crippen LogP contribution in [-0.2, 0) is 0 Å². The van der Waals surface area contributed by atoms with E-state index in [0.29, 0.717) is 6.17 Å². The molecule has 0 saturated heterocycles. The monoisotopic (exact) mass is 569 g/mol. The zero-order valence-electron chi connectivity index (χ0n) is 29.0. The highest BCUT2D eigenvalue weighted by molar-refractivity contribution is 4.69. The van der Waals surface area contributed by atoms with E-state index in [-0.39, 0.29) is 0 Å². The third kappa shape index (κ3) is 25.5. The van der Waals surface area contributed by atoms with Crippen LogP contribution in [0.15, 0.2) is 0 Å². The predicted octanol–water partition coefficient (Wildman–Crippen LogP) is 9.49. The van der Waals surface area contributed by atoms with Crippen molar-refractivity contribution in [2.45, 2.75) is 170 Å². The maximum Gasteiger partial charge on any atom is 0.0571 e. The summed E-state index contributed by atoms with van der Waals surface area (Å²) in [5, 5.41) is 7.81. The van der Waals surface area contributed by atoms with Crippen LogP contribution in [0.4, 0.5) is 0 Å². The van der Waals surface area contributed by atoms with Crippen LogP contribution in [0.2, 0.25) is 0 Å². The molecule has 0 amide bonds. The van der Waals surface area contributed by atoms with Crippen LogP contribution in [0.25, 0.3) is 0 Å². The van der Waals surface area contributed by atoms with Gasteiger partial charge < -0.3 is 20.4 Å². The fourth-order valence-electron chi connectivity index (χ4n) is 5.70. The zero-order chi connectivity index (χ0) is 29.7. The van der Waals surface area contributed by atoms with Gasteiger partial charge in [-0.05, 0) is 135 Å². The molecule has 0 aliphatic rings. The summed E-state index contributed by atoms with van der Waals surface area (Å²) in [6.07, 6.45) is 24.5. The summed E-state index contributed by atoms with van der Waals surface area (Å²) in [6, 6.07) is 0. The molecular weight excluding hydrogens is 490 g/mol. The summed E-state index contributed by atoms with van der Waals surface area (Å²) in [4.78, 5) is 5.45. The minimum absolute atomic E-state index is 0.489. The molecule has 2 atom stereocenters. The van der Waals surface area contributed by atoms with Gasteiger partial charge in [0.05, 0.1) is 6.17 Å². The van der Waals surface area contributed by atoms with Gasteiger partial charge in [-0.3, -0.25) is 0 Å². The molecule has 0 saturated carbocycles. The first-order valence-corrected chi connectivity index (χ1v) is 18.4. The van der Waals surface area contributed by atoms with Crippen molar-refractivity contribution in [2.24, 2.45) is 11.8 Å². The van der Waals surface area contributed by atoms with Gasteiger partial charge in [-0.15, -0.1) is 0 Å². The number of nitrogens with zero attached hydrogens (tertiary/aromatic N) is 2. The summed E-state index contributed by atoms with van der Waals surface area (Å²) >= 11 is 0. The second kappa shape index (κ2) is 30.3. The van der Waals surface area contributed by atoms with Crippen molar-refractivity contribution in [3.8, 4) is 0 Å². The SMILES string of the molecule is CCCCCC(NCCC(C)CCC[15N](CCCC)CCCC)NCCC(C)CCC[15N](CCCC)CCCC. The van der Waals surface area contributed by atoms with Gasteiger partial charge in [-0.1, -0.05) is 93.4 Å². The molecule has 0 fully saturated rings. The predicted molar refractivity (Wildman–Crippen MR) is 182 cm³/mol. The van der Waals surface area contributed by atoms with Crippen LogP contribution >= 0.6 is 0 Å². The Morgan fingerprint density at radius 2 is 0.750 bits per heavy atom. The number of nitrogens with one attached hydrogen (secondary N) is 2. The Labute approximate surface area is 254 Å². The molecular formula is C36H78N4. The van der Waals surface area contributed by atoms with Crippen molar-refractivity contribution in [1.82, 2.24) is 20.4 Å². The van der Waals surface area contributed by atoms with E-state index >= 15 is 0 Å². The molecule has 4 heteroatoms. The maximum absolute atomic E-state index is 3.91. The van der Waals surface area contributed by atoms with Crippen molar-refractivity contribution in [1.29, 1.82) is 0 Å². The van der Waals surface area contributed by atoms with Crippen molar-refractivity contribution < 1.29 is 0 Å². The summed E-state index contributed by atoms with van der Waals surface area (Å²) in [6.45, 7) is 26.6. The minimum Gasteiger partial charge on any atom is -0.303 e. The Kier molecular flexibility index (Phi) is 30.2. The van der Waals surface area contributed by atoms with Crippen molar-refractivity contribution in [3.05, 3.63) is 0 Å². The summed E-state index contributed by atoms with van der Waals surface area (Å²) in [7, 11) is 0. The van der Waals surface area contributed by atoms with E-state index in [2.05, 4.69) is 68.9 Å². The standard InChI is InChI=1S/C36H78N4/c1-8-13-18-23-36(37-26-24-34(6)21-19-32-39(28-14-9-2)29-15-10-3)38-27-25-35(7)22-20-33-40(30-16-11-4)31-17-12-5/h34-38H,8-33H2,1-7H3/i39+1,40+1. The zero-order valence-corrected chi connectivity index (χ0v) is 29.0. The first kappa shape index (κ1) is 39.8. The van der Waals surface area contributed by atoms with Crippen LogP contribution in [0.3, 0.4) is 0 Å². The second-order valence-electron chi connectivity index (χ2n) is 13.1. The van der Waals surface area contributed by atoms with Gasteiger partial charge in [0, 0.05) is 0 Å². The highest BCUT2D eigenvalue weighted by atomic mass is 15.8. The molecule has 0 bridgehead atoms. The summed E-state index contributed by atoms with van der Waals surface area (Å²) in [5.74, 6) is 1.63. The first-order chi connectivity index (χ1) is 19.5. The first-order valence-electron chi connectivity index (χ1n) is 18.4. The molecule has 0 heterocycles. The molecule has 0 rings (SSSR count). The number of hydrogen-bond acceptors (Lipinski definition) is 4. The van der Waals surface area contributed by atoms with E-state index in [0.717, 1.165) is 24.9 Å². The Balaban J connectivity index is 4.28. The van der Waals surface area contributed by atoms with Crippen LogP contribution < -0.4 is 10.6 Å². The van der Waals surface area contributed by atoms with E-state index in [1.165, 1.54) is 155 Å². The maximum atomic E-state index is 3.91. The quantitative estimate of drug-likeness (QED) is 0.0480. The molecule has 0 radical (unpaired) electrons. The minimum atomic E-state index is 0.489. The lowest BCUT2D eigenvalue weighted by Crippen LogP contribution is -2.43. The van der Waals surface area contributed by atoms with E-state index in [1.807, 2.05) is 0 Å². The van der Waals surface area contributed by atoms with Gasteiger partial charge in [0.25, 0.3) is 0 Å². The molecule has 4 nitrogen and oxygen atoms in total. The molecule has 0 aromatic heterocycles. The van der Waals surface area contributed by atoms with Crippen molar-refractivity contribution in [3.63, 3.8) is 0 Å². The molecule has 0 aliphatic carbocycles. The Bertz CT molecular complexity index is 431. The normalized spacial score (nSPS) is 14.3. The van der Waals surface area contributed by atoms with Gasteiger partial charge in [0.1, 0.15) is 0 Å². The average molecular weight is 569 g/mol. The smallest absolute Gasteiger partial charge is 0.0571 e. The van der Waals surface area contributed by atoms with E-state index in [9.17, 15) is 0 Å². The topological polar surface area (TPSA) is 30.5 Å². The summed E-state index contributed by atoms with van der Waals surface area (Å²) < 4.78 is 0. The Morgan fingerprint density at radius 1 is 0.400 bits per heavy atom. The number of unbranched alkanes of at least 4 members (excludes halogenated alkanes) is 6.